The van der Waals surface area contributed by atoms with E-state index in [9.17, 15) is 4.79 Å². The largest absolute Gasteiger partial charge is 0.370 e. The lowest BCUT2D eigenvalue weighted by Gasteiger charge is -2.31. The Morgan fingerprint density at radius 3 is 2.67 bits per heavy atom. The minimum Gasteiger partial charge on any atom is -0.370 e. The highest BCUT2D eigenvalue weighted by Gasteiger charge is 2.63. The van der Waals surface area contributed by atoms with Crippen LogP contribution >= 0.6 is 0 Å². The predicted octanol–water partition coefficient (Wildman–Crippen LogP) is 2.65. The van der Waals surface area contributed by atoms with Crippen LogP contribution in [0.1, 0.15) is 64.7 Å². The molecule has 3 saturated heterocycles. The Bertz CT molecular complexity index is 520. The van der Waals surface area contributed by atoms with E-state index >= 15 is 0 Å². The summed E-state index contributed by atoms with van der Waals surface area (Å²) >= 11 is 0. The van der Waals surface area contributed by atoms with Gasteiger partial charge in [-0.25, -0.2) is 0 Å². The topological polar surface area (TPSA) is 44.8 Å². The van der Waals surface area contributed by atoms with Gasteiger partial charge in [-0.1, -0.05) is 39.0 Å². The first-order valence-corrected chi connectivity index (χ1v) is 11.5. The molecular weight excluding hydrogens is 338 g/mol. The minimum atomic E-state index is 0.0998. The molecule has 5 heteroatoms. The molecule has 3 aliphatic heterocycles. The van der Waals surface area contributed by atoms with Gasteiger partial charge in [-0.3, -0.25) is 14.6 Å². The molecule has 1 saturated carbocycles. The third kappa shape index (κ3) is 4.06. The van der Waals surface area contributed by atoms with Crippen LogP contribution in [0.4, 0.5) is 0 Å². The van der Waals surface area contributed by atoms with Gasteiger partial charge in [0.25, 0.3) is 0 Å². The number of carbonyl (C=O) groups excluding carboxylic acids is 1. The van der Waals surface area contributed by atoms with E-state index in [-0.39, 0.29) is 11.5 Å². The first-order valence-electron chi connectivity index (χ1n) is 11.5. The quantitative estimate of drug-likeness (QED) is 0.773. The van der Waals surface area contributed by atoms with Crippen LogP contribution in [0.25, 0.3) is 0 Å². The number of nitrogens with one attached hydrogen (secondary N) is 1. The number of hydrogen-bond donors (Lipinski definition) is 1. The van der Waals surface area contributed by atoms with E-state index in [4.69, 9.17) is 4.74 Å². The molecule has 1 amide bonds. The summed E-state index contributed by atoms with van der Waals surface area (Å²) in [6.45, 7) is 6.62. The second-order valence-electron chi connectivity index (χ2n) is 9.59. The lowest BCUT2D eigenvalue weighted by atomic mass is 9.73. The van der Waals surface area contributed by atoms with Gasteiger partial charge in [-0.15, -0.1) is 0 Å². The second-order valence-corrected chi connectivity index (χ2v) is 9.59. The highest BCUT2D eigenvalue weighted by atomic mass is 16.5. The van der Waals surface area contributed by atoms with E-state index < -0.39 is 0 Å². The van der Waals surface area contributed by atoms with Crippen LogP contribution < -0.4 is 5.32 Å². The van der Waals surface area contributed by atoms with Gasteiger partial charge in [0.15, 0.2) is 0 Å². The second kappa shape index (κ2) is 8.38. The minimum absolute atomic E-state index is 0.0998. The van der Waals surface area contributed by atoms with Crippen molar-refractivity contribution in [1.82, 2.24) is 15.1 Å². The Morgan fingerprint density at radius 1 is 1.19 bits per heavy atom. The zero-order valence-corrected chi connectivity index (χ0v) is 17.4. The molecule has 27 heavy (non-hydrogen) atoms. The predicted molar refractivity (Wildman–Crippen MR) is 108 cm³/mol. The number of fused-ring (bicyclic) bond motifs is 1. The Morgan fingerprint density at radius 2 is 1.93 bits per heavy atom. The summed E-state index contributed by atoms with van der Waals surface area (Å²) in [5.74, 6) is 1.28. The molecule has 0 radical (unpaired) electrons. The standard InChI is InChI=1S/C22H39N3O2/c1-3-24(2)15-21(26)23-13-18-19-14-25(16-22(19)12-11-20(18)27-22)17-9-7-5-4-6-8-10-17/h17-20H,3-16H2,1-2H3,(H,23,26)/t18-,19+,20+,22+/m0/s1. The SMILES string of the molecule is CCN(C)CC(=O)NC[C@H]1[C@H]2CN(C3CCCCCCC3)C[C@]23CC[C@H]1O3. The van der Waals surface area contributed by atoms with Gasteiger partial charge in [0, 0.05) is 37.5 Å². The van der Waals surface area contributed by atoms with Crippen molar-refractivity contribution in [3.05, 3.63) is 0 Å². The summed E-state index contributed by atoms with van der Waals surface area (Å²) in [5.41, 5.74) is 0.0998. The number of nitrogens with zero attached hydrogens (tertiary/aromatic N) is 2. The van der Waals surface area contributed by atoms with Crippen molar-refractivity contribution in [1.29, 1.82) is 0 Å². The van der Waals surface area contributed by atoms with Crippen molar-refractivity contribution >= 4 is 5.91 Å². The van der Waals surface area contributed by atoms with Gasteiger partial charge in [-0.2, -0.15) is 0 Å². The van der Waals surface area contributed by atoms with Gasteiger partial charge < -0.3 is 10.1 Å². The van der Waals surface area contributed by atoms with Crippen molar-refractivity contribution in [3.63, 3.8) is 0 Å². The number of rotatable bonds is 6. The number of amides is 1. The van der Waals surface area contributed by atoms with Gasteiger partial charge in [0.05, 0.1) is 18.2 Å². The van der Waals surface area contributed by atoms with E-state index in [0.717, 1.165) is 25.7 Å². The van der Waals surface area contributed by atoms with Gasteiger partial charge in [0.1, 0.15) is 0 Å². The molecule has 1 N–H and O–H groups in total. The van der Waals surface area contributed by atoms with Crippen LogP contribution in [-0.4, -0.2) is 73.2 Å². The smallest absolute Gasteiger partial charge is 0.234 e. The summed E-state index contributed by atoms with van der Waals surface area (Å²) in [4.78, 5) is 17.1. The summed E-state index contributed by atoms with van der Waals surface area (Å²) in [5, 5.41) is 3.22. The van der Waals surface area contributed by atoms with E-state index in [1.54, 1.807) is 0 Å². The summed E-state index contributed by atoms with van der Waals surface area (Å²) in [6.07, 6.45) is 12.6. The first-order chi connectivity index (χ1) is 13.1. The number of ether oxygens (including phenoxy) is 1. The summed E-state index contributed by atoms with van der Waals surface area (Å²) in [6, 6.07) is 0.765. The molecule has 0 unspecified atom stereocenters. The van der Waals surface area contributed by atoms with Crippen molar-refractivity contribution in [2.24, 2.45) is 11.8 Å². The molecule has 0 aromatic carbocycles. The molecule has 154 valence electrons. The third-order valence-electron chi connectivity index (χ3n) is 7.89. The maximum absolute atomic E-state index is 12.2. The number of carbonyl (C=O) groups is 1. The van der Waals surface area contributed by atoms with Crippen molar-refractivity contribution < 1.29 is 9.53 Å². The molecule has 4 fully saturated rings. The molecule has 4 aliphatic rings. The molecule has 4 rings (SSSR count). The van der Waals surface area contributed by atoms with Crippen LogP contribution in [0, 0.1) is 11.8 Å². The fraction of sp³-hybridized carbons (Fsp3) is 0.955. The van der Waals surface area contributed by atoms with Crippen molar-refractivity contribution in [2.45, 2.75) is 82.5 Å². The molecule has 0 aromatic heterocycles. The Kier molecular flexibility index (Phi) is 6.10. The van der Waals surface area contributed by atoms with Crippen LogP contribution in [0.3, 0.4) is 0 Å². The molecule has 5 nitrogen and oxygen atoms in total. The molecule has 1 aliphatic carbocycles. The highest BCUT2D eigenvalue weighted by molar-refractivity contribution is 5.77. The highest BCUT2D eigenvalue weighted by Crippen LogP contribution is 2.55. The molecule has 4 atom stereocenters. The van der Waals surface area contributed by atoms with Gasteiger partial charge >= 0.3 is 0 Å². The maximum atomic E-state index is 12.2. The number of likely N-dealkylation sites (N-methyl/N-ethyl adjacent to an activating group) is 1. The Balaban J connectivity index is 1.35. The third-order valence-corrected chi connectivity index (χ3v) is 7.89. The average Bonchev–Trinajstić information content (AvgIpc) is 3.27. The van der Waals surface area contributed by atoms with Crippen LogP contribution in [0.5, 0.6) is 0 Å². The number of hydrogen-bond acceptors (Lipinski definition) is 4. The lowest BCUT2D eigenvalue weighted by Crippen LogP contribution is -2.43. The van der Waals surface area contributed by atoms with Crippen molar-refractivity contribution in [2.75, 3.05) is 39.8 Å². The normalized spacial score (nSPS) is 37.4. The lowest BCUT2D eigenvalue weighted by molar-refractivity contribution is -0.122. The van der Waals surface area contributed by atoms with Gasteiger partial charge in [0.2, 0.25) is 5.91 Å². The van der Waals surface area contributed by atoms with E-state index in [0.29, 0.717) is 24.5 Å². The molecule has 0 aromatic rings. The maximum Gasteiger partial charge on any atom is 0.234 e. The average molecular weight is 378 g/mol. The van der Waals surface area contributed by atoms with Crippen LogP contribution in [-0.2, 0) is 9.53 Å². The monoisotopic (exact) mass is 377 g/mol. The molecule has 1 spiro atoms. The van der Waals surface area contributed by atoms with E-state index in [1.165, 1.54) is 64.3 Å². The first kappa shape index (κ1) is 19.7. The number of likely N-dealkylation sites (tertiary alicyclic amines) is 1. The van der Waals surface area contributed by atoms with E-state index in [2.05, 4.69) is 22.0 Å². The van der Waals surface area contributed by atoms with Crippen LogP contribution in [0.2, 0.25) is 0 Å². The van der Waals surface area contributed by atoms with Crippen LogP contribution in [0.15, 0.2) is 0 Å². The molecular formula is C22H39N3O2. The molecule has 2 bridgehead atoms. The van der Waals surface area contributed by atoms with Gasteiger partial charge in [-0.05, 0) is 39.3 Å². The summed E-state index contributed by atoms with van der Waals surface area (Å²) in [7, 11) is 2.00. The zero-order chi connectivity index (χ0) is 18.9. The van der Waals surface area contributed by atoms with E-state index in [1.807, 2.05) is 7.05 Å². The Labute approximate surface area is 165 Å². The zero-order valence-electron chi connectivity index (χ0n) is 17.4. The molecule has 3 heterocycles. The fourth-order valence-electron chi connectivity index (χ4n) is 6.22. The van der Waals surface area contributed by atoms with Crippen molar-refractivity contribution in [3.8, 4) is 0 Å². The fourth-order valence-corrected chi connectivity index (χ4v) is 6.22. The summed E-state index contributed by atoms with van der Waals surface area (Å²) < 4.78 is 6.60. The Hall–Kier alpha value is -0.650.